The van der Waals surface area contributed by atoms with E-state index in [1.165, 1.54) is 0 Å². The lowest BCUT2D eigenvalue weighted by atomic mass is 9.99. The molecule has 0 spiro atoms. The van der Waals surface area contributed by atoms with E-state index in [2.05, 4.69) is 35.9 Å². The molecular weight excluding hydrogens is 556 g/mol. The van der Waals surface area contributed by atoms with Gasteiger partial charge in [-0.3, -0.25) is 23.7 Å². The average Bonchev–Trinajstić information content (AvgIpc) is 3.16. The SMILES string of the molecule is Cc1ccc2c(c1)c(CC(=O)CC(=O)[C@H](CS)NCCN[C@@H](CS)C(N)=O)c(C)n2C(=O)c1ccc(Cl)cc1. The molecule has 2 aromatic carbocycles. The van der Waals surface area contributed by atoms with Crippen LogP contribution in [-0.4, -0.2) is 64.6 Å². The minimum atomic E-state index is -0.627. The quantitative estimate of drug-likeness (QED) is 0.112. The number of aryl methyl sites for hydroxylation is 1. The number of nitrogens with zero attached hydrogens (tertiary/aromatic N) is 1. The van der Waals surface area contributed by atoms with E-state index < -0.39 is 18.0 Å². The van der Waals surface area contributed by atoms with Gasteiger partial charge in [-0.2, -0.15) is 25.3 Å². The summed E-state index contributed by atoms with van der Waals surface area (Å²) in [6.45, 7) is 4.52. The maximum atomic E-state index is 13.4. The van der Waals surface area contributed by atoms with Crippen molar-refractivity contribution in [2.45, 2.75) is 38.8 Å². The van der Waals surface area contributed by atoms with Crippen molar-refractivity contribution in [2.24, 2.45) is 5.73 Å². The topological polar surface area (TPSA) is 123 Å². The highest BCUT2D eigenvalue weighted by Crippen LogP contribution is 2.29. The van der Waals surface area contributed by atoms with Crippen LogP contribution in [-0.2, 0) is 20.8 Å². The second-order valence-corrected chi connectivity index (χ2v) is 10.5. The Morgan fingerprint density at radius 1 is 0.949 bits per heavy atom. The van der Waals surface area contributed by atoms with E-state index in [-0.39, 0.29) is 41.8 Å². The molecule has 0 saturated heterocycles. The summed E-state index contributed by atoms with van der Waals surface area (Å²) in [5.41, 5.74) is 8.83. The molecule has 0 radical (unpaired) electrons. The van der Waals surface area contributed by atoms with Crippen LogP contribution in [0.2, 0.25) is 5.02 Å². The Labute approximate surface area is 243 Å². The molecule has 1 aromatic heterocycles. The van der Waals surface area contributed by atoms with Gasteiger partial charge in [-0.25, -0.2) is 0 Å². The molecule has 1 heterocycles. The van der Waals surface area contributed by atoms with Crippen LogP contribution in [0.1, 0.15) is 33.6 Å². The maximum Gasteiger partial charge on any atom is 0.262 e. The van der Waals surface area contributed by atoms with Crippen molar-refractivity contribution in [3.63, 3.8) is 0 Å². The molecule has 8 nitrogen and oxygen atoms in total. The van der Waals surface area contributed by atoms with Crippen molar-refractivity contribution >= 4 is 71.1 Å². The number of halogens is 1. The fourth-order valence-corrected chi connectivity index (χ4v) is 5.18. The minimum Gasteiger partial charge on any atom is -0.368 e. The summed E-state index contributed by atoms with van der Waals surface area (Å²) in [5, 5.41) is 7.37. The van der Waals surface area contributed by atoms with E-state index in [1.807, 2.05) is 32.0 Å². The average molecular weight is 589 g/mol. The zero-order chi connectivity index (χ0) is 28.7. The van der Waals surface area contributed by atoms with Crippen molar-refractivity contribution in [3.05, 3.63) is 69.9 Å². The first kappa shape index (κ1) is 30.9. The van der Waals surface area contributed by atoms with Crippen LogP contribution in [0.15, 0.2) is 42.5 Å². The maximum absolute atomic E-state index is 13.4. The van der Waals surface area contributed by atoms with E-state index in [4.69, 9.17) is 17.3 Å². The number of benzene rings is 2. The summed E-state index contributed by atoms with van der Waals surface area (Å²) < 4.78 is 1.61. The summed E-state index contributed by atoms with van der Waals surface area (Å²) in [6, 6.07) is 11.2. The zero-order valence-electron chi connectivity index (χ0n) is 21.9. The summed E-state index contributed by atoms with van der Waals surface area (Å²) >= 11 is 14.3. The van der Waals surface area contributed by atoms with Crippen molar-refractivity contribution in [2.75, 3.05) is 24.6 Å². The van der Waals surface area contributed by atoms with Crippen molar-refractivity contribution < 1.29 is 19.2 Å². The van der Waals surface area contributed by atoms with E-state index in [0.717, 1.165) is 16.5 Å². The first-order valence-electron chi connectivity index (χ1n) is 12.5. The van der Waals surface area contributed by atoms with E-state index >= 15 is 0 Å². The van der Waals surface area contributed by atoms with Crippen LogP contribution < -0.4 is 16.4 Å². The van der Waals surface area contributed by atoms with Gasteiger partial charge in [0.15, 0.2) is 5.78 Å². The Hall–Kier alpha value is -2.63. The summed E-state index contributed by atoms with van der Waals surface area (Å²) in [5.74, 6) is -0.773. The molecule has 0 bridgehead atoms. The van der Waals surface area contributed by atoms with Crippen molar-refractivity contribution in [1.82, 2.24) is 15.2 Å². The van der Waals surface area contributed by atoms with Gasteiger partial charge >= 0.3 is 0 Å². The van der Waals surface area contributed by atoms with Gasteiger partial charge in [0.2, 0.25) is 5.91 Å². The zero-order valence-corrected chi connectivity index (χ0v) is 24.4. The van der Waals surface area contributed by atoms with Crippen molar-refractivity contribution in [3.8, 4) is 0 Å². The standard InChI is InChI=1S/C28H33ClN4O4S2/c1-16-3-8-25-22(11-16)21(17(2)33(25)28(37)18-4-6-19(29)7-5-18)12-20(34)13-26(35)23(14-38)31-9-10-32-24(15-39)27(30)36/h3-8,11,23-24,31-32,38-39H,9-10,12-15H2,1-2H3,(H2,30,36)/t23-,24-/m0/s1. The van der Waals surface area contributed by atoms with Gasteiger partial charge < -0.3 is 16.4 Å². The third kappa shape index (κ3) is 7.73. The lowest BCUT2D eigenvalue weighted by molar-refractivity contribution is -0.127. The van der Waals surface area contributed by atoms with E-state index in [9.17, 15) is 19.2 Å². The number of hydrogen-bond donors (Lipinski definition) is 5. The highest BCUT2D eigenvalue weighted by atomic mass is 35.5. The molecule has 0 aliphatic carbocycles. The van der Waals surface area contributed by atoms with Crippen LogP contribution in [0.25, 0.3) is 10.9 Å². The number of thiol groups is 2. The largest absolute Gasteiger partial charge is 0.368 e. The van der Waals surface area contributed by atoms with Gasteiger partial charge in [0, 0.05) is 52.7 Å². The predicted octanol–water partition coefficient (Wildman–Crippen LogP) is 2.93. The van der Waals surface area contributed by atoms with Crippen LogP contribution in [0.3, 0.4) is 0 Å². The lowest BCUT2D eigenvalue weighted by Gasteiger charge is -2.17. The van der Waals surface area contributed by atoms with Gasteiger partial charge in [0.05, 0.1) is 24.0 Å². The monoisotopic (exact) mass is 588 g/mol. The highest BCUT2D eigenvalue weighted by Gasteiger charge is 2.24. The molecule has 0 fully saturated rings. The first-order valence-corrected chi connectivity index (χ1v) is 14.1. The third-order valence-electron chi connectivity index (χ3n) is 6.53. The van der Waals surface area contributed by atoms with E-state index in [1.54, 1.807) is 28.8 Å². The number of aromatic nitrogens is 1. The second kappa shape index (κ2) is 14.1. The van der Waals surface area contributed by atoms with Crippen LogP contribution in [0.5, 0.6) is 0 Å². The number of nitrogens with two attached hydrogens (primary N) is 1. The number of carbonyl (C=O) groups excluding carboxylic acids is 4. The number of fused-ring (bicyclic) bond motifs is 1. The Kier molecular flexibility index (Phi) is 11.2. The first-order chi connectivity index (χ1) is 18.6. The number of carbonyl (C=O) groups is 4. The van der Waals surface area contributed by atoms with Crippen molar-refractivity contribution in [1.29, 1.82) is 0 Å². The summed E-state index contributed by atoms with van der Waals surface area (Å²) in [4.78, 5) is 50.7. The summed E-state index contributed by atoms with van der Waals surface area (Å²) in [6.07, 6.45) is -0.253. The molecule has 1 amide bonds. The number of hydrogen-bond acceptors (Lipinski definition) is 8. The van der Waals surface area contributed by atoms with Gasteiger partial charge in [0.1, 0.15) is 5.78 Å². The predicted molar refractivity (Wildman–Crippen MR) is 161 cm³/mol. The fraction of sp³-hybridized carbons (Fsp3) is 0.357. The molecule has 4 N–H and O–H groups in total. The number of primary amides is 1. The Morgan fingerprint density at radius 3 is 2.15 bits per heavy atom. The number of rotatable bonds is 14. The second-order valence-electron chi connectivity index (χ2n) is 9.37. The minimum absolute atomic E-state index is 0.0154. The van der Waals surface area contributed by atoms with Crippen LogP contribution in [0, 0.1) is 13.8 Å². The molecule has 3 rings (SSSR count). The number of Topliss-reactive ketones (excluding diaryl/α,β-unsaturated/α-hetero) is 2. The van der Waals surface area contributed by atoms with Gasteiger partial charge in [-0.15, -0.1) is 0 Å². The molecule has 3 aromatic rings. The molecule has 11 heteroatoms. The lowest BCUT2D eigenvalue weighted by Crippen LogP contribution is -2.47. The van der Waals surface area contributed by atoms with Gasteiger partial charge in [0.25, 0.3) is 5.91 Å². The molecule has 0 aliphatic rings. The van der Waals surface area contributed by atoms with Crippen LogP contribution in [0.4, 0.5) is 0 Å². The van der Waals surface area contributed by atoms with Gasteiger partial charge in [-0.05, 0) is 55.8 Å². The fourth-order valence-electron chi connectivity index (χ4n) is 4.41. The Morgan fingerprint density at radius 2 is 1.56 bits per heavy atom. The molecular formula is C28H33ClN4O4S2. The number of ketones is 2. The number of nitrogens with one attached hydrogen (secondary N) is 2. The number of amides is 1. The van der Waals surface area contributed by atoms with Gasteiger partial charge in [-0.1, -0.05) is 23.2 Å². The molecule has 39 heavy (non-hydrogen) atoms. The highest BCUT2D eigenvalue weighted by molar-refractivity contribution is 7.80. The molecule has 0 saturated carbocycles. The van der Waals surface area contributed by atoms with E-state index in [0.29, 0.717) is 34.9 Å². The molecule has 208 valence electrons. The normalized spacial score (nSPS) is 12.8. The smallest absolute Gasteiger partial charge is 0.262 e. The molecule has 0 aliphatic heterocycles. The Bertz CT molecular complexity index is 1370. The summed E-state index contributed by atoms with van der Waals surface area (Å²) in [7, 11) is 0. The third-order valence-corrected chi connectivity index (χ3v) is 7.52. The Balaban J connectivity index is 1.74. The van der Waals surface area contributed by atoms with Crippen LogP contribution >= 0.6 is 36.9 Å². The molecule has 0 unspecified atom stereocenters. The molecule has 2 atom stereocenters.